The standard InChI is InChI=1S/C17H10Cl2N2OS/c18-10-5-6-12(13(19)8-10)16(22)21-17-20-15-11-4-2-1-3-9(11)7-14(15)23-17/h1-6,8H,7H2,(H,20,21,22). The summed E-state index contributed by atoms with van der Waals surface area (Å²) in [5, 5.41) is 4.22. The predicted molar refractivity (Wildman–Crippen MR) is 94.8 cm³/mol. The number of aromatic nitrogens is 1. The fraction of sp³-hybridized carbons (Fsp3) is 0.0588. The second-order valence-electron chi connectivity index (χ2n) is 5.20. The lowest BCUT2D eigenvalue weighted by Crippen LogP contribution is -2.12. The summed E-state index contributed by atoms with van der Waals surface area (Å²) in [6, 6.07) is 13.0. The molecule has 0 saturated heterocycles. The fourth-order valence-corrected chi connectivity index (χ4v) is 4.14. The second-order valence-corrected chi connectivity index (χ2v) is 7.13. The van der Waals surface area contributed by atoms with E-state index in [0.717, 1.165) is 17.7 Å². The molecule has 0 aliphatic heterocycles. The topological polar surface area (TPSA) is 42.0 Å². The maximum atomic E-state index is 12.3. The Labute approximate surface area is 146 Å². The van der Waals surface area contributed by atoms with Gasteiger partial charge in [-0.1, -0.05) is 47.5 Å². The van der Waals surface area contributed by atoms with Crippen LogP contribution in [0, 0.1) is 0 Å². The highest BCUT2D eigenvalue weighted by atomic mass is 35.5. The molecule has 4 rings (SSSR count). The average Bonchev–Trinajstić information content (AvgIpc) is 3.04. The molecule has 114 valence electrons. The lowest BCUT2D eigenvalue weighted by Gasteiger charge is -2.04. The molecule has 3 aromatic rings. The van der Waals surface area contributed by atoms with Crippen LogP contribution < -0.4 is 5.32 Å². The highest BCUT2D eigenvalue weighted by Crippen LogP contribution is 2.40. The number of thiazole rings is 1. The minimum atomic E-state index is -0.285. The molecule has 6 heteroatoms. The molecular weight excluding hydrogens is 351 g/mol. The number of nitrogens with one attached hydrogen (secondary N) is 1. The van der Waals surface area contributed by atoms with Gasteiger partial charge >= 0.3 is 0 Å². The van der Waals surface area contributed by atoms with Crippen molar-refractivity contribution >= 4 is 45.6 Å². The lowest BCUT2D eigenvalue weighted by molar-refractivity contribution is 0.102. The molecule has 23 heavy (non-hydrogen) atoms. The number of benzene rings is 2. The molecule has 0 spiro atoms. The maximum Gasteiger partial charge on any atom is 0.258 e. The molecule has 0 saturated carbocycles. The van der Waals surface area contributed by atoms with Crippen molar-refractivity contribution in [3.63, 3.8) is 0 Å². The van der Waals surface area contributed by atoms with Crippen LogP contribution in [0.25, 0.3) is 11.3 Å². The van der Waals surface area contributed by atoms with Crippen LogP contribution in [0.4, 0.5) is 5.13 Å². The van der Waals surface area contributed by atoms with Gasteiger partial charge in [-0.25, -0.2) is 4.98 Å². The molecule has 1 aromatic heterocycles. The molecule has 1 aliphatic carbocycles. The van der Waals surface area contributed by atoms with Crippen LogP contribution in [0.3, 0.4) is 0 Å². The molecule has 3 nitrogen and oxygen atoms in total. The number of halogens is 2. The van der Waals surface area contributed by atoms with Crippen molar-refractivity contribution < 1.29 is 4.79 Å². The summed E-state index contributed by atoms with van der Waals surface area (Å²) in [7, 11) is 0. The average molecular weight is 361 g/mol. The third kappa shape index (κ3) is 2.63. The molecule has 0 atom stereocenters. The van der Waals surface area contributed by atoms with E-state index in [2.05, 4.69) is 22.4 Å². The zero-order chi connectivity index (χ0) is 16.0. The highest BCUT2D eigenvalue weighted by Gasteiger charge is 2.23. The fourth-order valence-electron chi connectivity index (χ4n) is 2.65. The van der Waals surface area contributed by atoms with E-state index in [9.17, 15) is 4.79 Å². The van der Waals surface area contributed by atoms with E-state index < -0.39 is 0 Å². The first-order chi connectivity index (χ1) is 11.1. The number of amides is 1. The minimum absolute atomic E-state index is 0.285. The molecule has 0 bridgehead atoms. The van der Waals surface area contributed by atoms with Crippen molar-refractivity contribution in [2.75, 3.05) is 5.32 Å². The van der Waals surface area contributed by atoms with Crippen LogP contribution in [0.5, 0.6) is 0 Å². The van der Waals surface area contributed by atoms with E-state index in [1.807, 2.05) is 12.1 Å². The number of hydrogen-bond donors (Lipinski definition) is 1. The van der Waals surface area contributed by atoms with Crippen molar-refractivity contribution in [1.29, 1.82) is 0 Å². The van der Waals surface area contributed by atoms with Crippen molar-refractivity contribution in [2.24, 2.45) is 0 Å². The number of anilines is 1. The lowest BCUT2D eigenvalue weighted by atomic mass is 10.1. The Morgan fingerprint density at radius 2 is 2.00 bits per heavy atom. The van der Waals surface area contributed by atoms with Crippen LogP contribution in [-0.2, 0) is 6.42 Å². The van der Waals surface area contributed by atoms with Gasteiger partial charge in [-0.3, -0.25) is 10.1 Å². The van der Waals surface area contributed by atoms with Gasteiger partial charge in [0.05, 0.1) is 16.3 Å². The summed E-state index contributed by atoms with van der Waals surface area (Å²) in [5.74, 6) is -0.285. The quantitative estimate of drug-likeness (QED) is 0.528. The number of fused-ring (bicyclic) bond motifs is 3. The number of hydrogen-bond acceptors (Lipinski definition) is 3. The Morgan fingerprint density at radius 1 is 1.17 bits per heavy atom. The molecule has 2 aromatic carbocycles. The smallest absolute Gasteiger partial charge is 0.258 e. The van der Waals surface area contributed by atoms with Gasteiger partial charge in [-0.05, 0) is 23.8 Å². The zero-order valence-electron chi connectivity index (χ0n) is 11.8. The third-order valence-corrected chi connectivity index (χ3v) is 5.24. The van der Waals surface area contributed by atoms with Crippen LogP contribution in [-0.4, -0.2) is 10.9 Å². The summed E-state index contributed by atoms with van der Waals surface area (Å²) in [4.78, 5) is 18.1. The largest absolute Gasteiger partial charge is 0.298 e. The molecule has 1 aliphatic rings. The Hall–Kier alpha value is -1.88. The molecule has 1 amide bonds. The predicted octanol–water partition coefficient (Wildman–Crippen LogP) is 5.27. The van der Waals surface area contributed by atoms with Crippen LogP contribution in [0.15, 0.2) is 42.5 Å². The molecular formula is C17H10Cl2N2OS. The zero-order valence-corrected chi connectivity index (χ0v) is 14.1. The van der Waals surface area contributed by atoms with E-state index in [-0.39, 0.29) is 5.91 Å². The monoisotopic (exact) mass is 360 g/mol. The van der Waals surface area contributed by atoms with Gasteiger partial charge in [0, 0.05) is 21.9 Å². The number of nitrogens with zero attached hydrogens (tertiary/aromatic N) is 1. The van der Waals surface area contributed by atoms with Gasteiger partial charge in [0.2, 0.25) is 0 Å². The van der Waals surface area contributed by atoms with E-state index in [0.29, 0.717) is 20.7 Å². The van der Waals surface area contributed by atoms with Crippen molar-refractivity contribution in [3.8, 4) is 11.3 Å². The summed E-state index contributed by atoms with van der Waals surface area (Å²) in [5.41, 5.74) is 3.76. The second kappa shape index (κ2) is 5.64. The number of carbonyl (C=O) groups is 1. The summed E-state index contributed by atoms with van der Waals surface area (Å²) < 4.78 is 0. The molecule has 0 radical (unpaired) electrons. The first kappa shape index (κ1) is 14.7. The van der Waals surface area contributed by atoms with E-state index >= 15 is 0 Å². The normalized spacial score (nSPS) is 11.9. The van der Waals surface area contributed by atoms with E-state index in [4.69, 9.17) is 23.2 Å². The summed E-state index contributed by atoms with van der Waals surface area (Å²) in [6.45, 7) is 0. The maximum absolute atomic E-state index is 12.3. The van der Waals surface area contributed by atoms with E-state index in [1.54, 1.807) is 18.2 Å². The highest BCUT2D eigenvalue weighted by molar-refractivity contribution is 7.16. The summed E-state index contributed by atoms with van der Waals surface area (Å²) >= 11 is 13.4. The van der Waals surface area contributed by atoms with Crippen molar-refractivity contribution in [2.45, 2.75) is 6.42 Å². The minimum Gasteiger partial charge on any atom is -0.298 e. The first-order valence-corrected chi connectivity index (χ1v) is 8.53. The molecule has 1 heterocycles. The number of rotatable bonds is 2. The Morgan fingerprint density at radius 3 is 2.83 bits per heavy atom. The molecule has 0 fully saturated rings. The Bertz CT molecular complexity index is 936. The summed E-state index contributed by atoms with van der Waals surface area (Å²) in [6.07, 6.45) is 0.862. The van der Waals surface area contributed by atoms with Gasteiger partial charge in [0.15, 0.2) is 5.13 Å². The SMILES string of the molecule is O=C(Nc1nc2c(s1)Cc1ccccc1-2)c1ccc(Cl)cc1Cl. The van der Waals surface area contributed by atoms with Gasteiger partial charge in [-0.2, -0.15) is 0 Å². The molecule has 0 unspecified atom stereocenters. The van der Waals surface area contributed by atoms with Crippen LogP contribution in [0.1, 0.15) is 20.8 Å². The van der Waals surface area contributed by atoms with E-state index in [1.165, 1.54) is 21.8 Å². The van der Waals surface area contributed by atoms with Crippen LogP contribution in [0.2, 0.25) is 10.0 Å². The number of carbonyl (C=O) groups excluding carboxylic acids is 1. The van der Waals surface area contributed by atoms with Gasteiger partial charge in [0.1, 0.15) is 0 Å². The Kier molecular flexibility index (Phi) is 3.60. The third-order valence-electron chi connectivity index (χ3n) is 3.72. The first-order valence-electron chi connectivity index (χ1n) is 6.96. The van der Waals surface area contributed by atoms with Gasteiger partial charge in [0.25, 0.3) is 5.91 Å². The molecule has 1 N–H and O–H groups in total. The van der Waals surface area contributed by atoms with Crippen LogP contribution >= 0.6 is 34.5 Å². The van der Waals surface area contributed by atoms with Gasteiger partial charge < -0.3 is 0 Å². The van der Waals surface area contributed by atoms with Crippen molar-refractivity contribution in [3.05, 3.63) is 68.5 Å². The Balaban J connectivity index is 1.61. The van der Waals surface area contributed by atoms with Crippen molar-refractivity contribution in [1.82, 2.24) is 4.98 Å². The van der Waals surface area contributed by atoms with Gasteiger partial charge in [-0.15, -0.1) is 11.3 Å².